The Balaban J connectivity index is 1.61. The van der Waals surface area contributed by atoms with E-state index in [9.17, 15) is 14.9 Å². The Morgan fingerprint density at radius 2 is 1.76 bits per heavy atom. The molecule has 6 nitrogen and oxygen atoms in total. The summed E-state index contributed by atoms with van der Waals surface area (Å²) in [5, 5.41) is 11.1. The fraction of sp³-hybridized carbons (Fsp3) is 0.316. The van der Waals surface area contributed by atoms with E-state index in [1.165, 1.54) is 28.2 Å². The minimum Gasteiger partial charge on any atom is -0.328 e. The van der Waals surface area contributed by atoms with Gasteiger partial charge in [-0.3, -0.25) is 14.9 Å². The number of nitrogens with zero attached hydrogens (tertiary/aromatic N) is 2. The molecule has 0 atom stereocenters. The van der Waals surface area contributed by atoms with Crippen molar-refractivity contribution in [3.05, 3.63) is 75.3 Å². The number of piperazine rings is 1. The maximum atomic E-state index is 12.6. The van der Waals surface area contributed by atoms with E-state index in [-0.39, 0.29) is 17.2 Å². The van der Waals surface area contributed by atoms with Gasteiger partial charge in [-0.1, -0.05) is 42.0 Å². The van der Waals surface area contributed by atoms with E-state index < -0.39 is 4.92 Å². The average Bonchev–Trinajstić information content (AvgIpc) is 2.63. The van der Waals surface area contributed by atoms with Crippen LogP contribution in [0.15, 0.2) is 48.5 Å². The number of para-hydroxylation sites is 1. The lowest BCUT2D eigenvalue weighted by Gasteiger charge is -2.32. The molecule has 1 saturated heterocycles. The second-order valence-electron chi connectivity index (χ2n) is 6.48. The van der Waals surface area contributed by atoms with Crippen LogP contribution in [0, 0.1) is 17.0 Å². The monoisotopic (exact) mass is 340 g/mol. The summed E-state index contributed by atoms with van der Waals surface area (Å²) < 4.78 is 0. The predicted molar refractivity (Wildman–Crippen MR) is 94.6 cm³/mol. The molecule has 0 aliphatic carbocycles. The number of carbonyl (C=O) groups excluding carboxylic acids is 1. The highest BCUT2D eigenvalue weighted by molar-refractivity contribution is 5.98. The molecule has 1 aliphatic rings. The van der Waals surface area contributed by atoms with Gasteiger partial charge < -0.3 is 9.80 Å². The normalized spacial score (nSPS) is 15.2. The van der Waals surface area contributed by atoms with E-state index in [0.717, 1.165) is 19.6 Å². The van der Waals surface area contributed by atoms with Crippen LogP contribution in [0.5, 0.6) is 0 Å². The summed E-state index contributed by atoms with van der Waals surface area (Å²) >= 11 is 0. The number of quaternary nitrogens is 1. The van der Waals surface area contributed by atoms with Gasteiger partial charge in [0.1, 0.15) is 12.1 Å². The van der Waals surface area contributed by atoms with Crippen molar-refractivity contribution in [1.29, 1.82) is 0 Å². The first-order chi connectivity index (χ1) is 12.0. The van der Waals surface area contributed by atoms with Gasteiger partial charge in [-0.25, -0.2) is 0 Å². The van der Waals surface area contributed by atoms with Gasteiger partial charge in [0.15, 0.2) is 0 Å². The third kappa shape index (κ3) is 4.03. The van der Waals surface area contributed by atoms with Crippen LogP contribution < -0.4 is 4.90 Å². The van der Waals surface area contributed by atoms with E-state index in [1.54, 1.807) is 17.0 Å². The molecule has 1 fully saturated rings. The van der Waals surface area contributed by atoms with Gasteiger partial charge >= 0.3 is 0 Å². The number of nitro benzene ring substituents is 1. The number of hydrogen-bond acceptors (Lipinski definition) is 3. The third-order valence-electron chi connectivity index (χ3n) is 4.66. The number of nitrogens with one attached hydrogen (secondary N) is 1. The Morgan fingerprint density at radius 1 is 1.12 bits per heavy atom. The van der Waals surface area contributed by atoms with Crippen LogP contribution in [0.2, 0.25) is 0 Å². The minimum absolute atomic E-state index is 0.123. The van der Waals surface area contributed by atoms with E-state index in [2.05, 4.69) is 31.2 Å². The number of aryl methyl sites for hydroxylation is 1. The summed E-state index contributed by atoms with van der Waals surface area (Å²) in [5.41, 5.74) is 2.59. The Bertz CT molecular complexity index is 766. The maximum absolute atomic E-state index is 12.6. The molecular weight excluding hydrogens is 318 g/mol. The molecule has 1 heterocycles. The standard InChI is InChI=1S/C19H21N3O3/c1-15-6-8-16(9-7-15)14-20-10-12-21(13-11-20)19(23)17-4-2-3-5-18(17)22(24)25/h2-9H,10-14H2,1H3/p+1. The highest BCUT2D eigenvalue weighted by Gasteiger charge is 2.28. The fourth-order valence-electron chi connectivity index (χ4n) is 3.18. The van der Waals surface area contributed by atoms with Gasteiger partial charge in [0.25, 0.3) is 11.6 Å². The molecule has 0 unspecified atom stereocenters. The van der Waals surface area contributed by atoms with Crippen LogP contribution in [0.3, 0.4) is 0 Å². The van der Waals surface area contributed by atoms with Gasteiger partial charge in [-0.15, -0.1) is 0 Å². The molecule has 130 valence electrons. The summed E-state index contributed by atoms with van der Waals surface area (Å²) in [5.74, 6) is -0.248. The Kier molecular flexibility index (Phi) is 5.09. The summed E-state index contributed by atoms with van der Waals surface area (Å²) in [6, 6.07) is 14.7. The topological polar surface area (TPSA) is 67.9 Å². The largest absolute Gasteiger partial charge is 0.328 e. The minimum atomic E-state index is -0.494. The van der Waals surface area contributed by atoms with Gasteiger partial charge in [-0.05, 0) is 13.0 Å². The molecule has 0 saturated carbocycles. The predicted octanol–water partition coefficient (Wildman–Crippen LogP) is 1.44. The van der Waals surface area contributed by atoms with Crippen LogP contribution in [-0.4, -0.2) is 41.9 Å². The van der Waals surface area contributed by atoms with E-state index in [1.807, 2.05) is 0 Å². The number of amides is 1. The molecule has 2 aromatic rings. The molecule has 25 heavy (non-hydrogen) atoms. The van der Waals surface area contributed by atoms with Crippen LogP contribution in [-0.2, 0) is 6.54 Å². The van der Waals surface area contributed by atoms with Crippen LogP contribution in [0.25, 0.3) is 0 Å². The summed E-state index contributed by atoms with van der Waals surface area (Å²) in [6.07, 6.45) is 0. The summed E-state index contributed by atoms with van der Waals surface area (Å²) in [6.45, 7) is 5.94. The molecule has 0 spiro atoms. The summed E-state index contributed by atoms with van der Waals surface area (Å²) in [4.78, 5) is 26.4. The van der Waals surface area contributed by atoms with Crippen LogP contribution in [0.4, 0.5) is 5.69 Å². The zero-order valence-electron chi connectivity index (χ0n) is 14.3. The third-order valence-corrected chi connectivity index (χ3v) is 4.66. The number of benzene rings is 2. The molecule has 1 N–H and O–H groups in total. The Hall–Kier alpha value is -2.73. The van der Waals surface area contributed by atoms with Crippen LogP contribution >= 0.6 is 0 Å². The van der Waals surface area contributed by atoms with E-state index in [4.69, 9.17) is 0 Å². The van der Waals surface area contributed by atoms with Crippen molar-refractivity contribution >= 4 is 11.6 Å². The Morgan fingerprint density at radius 3 is 2.40 bits per heavy atom. The molecular formula is C19H22N3O3+. The van der Waals surface area contributed by atoms with Crippen molar-refractivity contribution in [3.63, 3.8) is 0 Å². The van der Waals surface area contributed by atoms with Gasteiger partial charge in [0, 0.05) is 11.6 Å². The van der Waals surface area contributed by atoms with Crippen molar-refractivity contribution < 1.29 is 14.6 Å². The second-order valence-corrected chi connectivity index (χ2v) is 6.48. The highest BCUT2D eigenvalue weighted by atomic mass is 16.6. The number of nitro groups is 1. The van der Waals surface area contributed by atoms with E-state index >= 15 is 0 Å². The maximum Gasteiger partial charge on any atom is 0.282 e. The van der Waals surface area contributed by atoms with Crippen molar-refractivity contribution in [2.24, 2.45) is 0 Å². The first-order valence-corrected chi connectivity index (χ1v) is 8.46. The van der Waals surface area contributed by atoms with E-state index in [0.29, 0.717) is 13.1 Å². The first-order valence-electron chi connectivity index (χ1n) is 8.46. The number of carbonyl (C=O) groups is 1. The molecule has 6 heteroatoms. The fourth-order valence-corrected chi connectivity index (χ4v) is 3.18. The van der Waals surface area contributed by atoms with Crippen molar-refractivity contribution in [1.82, 2.24) is 4.90 Å². The molecule has 2 aromatic carbocycles. The lowest BCUT2D eigenvalue weighted by Crippen LogP contribution is -3.13. The lowest BCUT2D eigenvalue weighted by molar-refractivity contribution is -0.917. The highest BCUT2D eigenvalue weighted by Crippen LogP contribution is 2.19. The van der Waals surface area contributed by atoms with Gasteiger partial charge in [-0.2, -0.15) is 0 Å². The lowest BCUT2D eigenvalue weighted by atomic mass is 10.1. The first kappa shape index (κ1) is 17.1. The quantitative estimate of drug-likeness (QED) is 0.676. The van der Waals surface area contributed by atoms with Crippen molar-refractivity contribution in [3.8, 4) is 0 Å². The molecule has 1 amide bonds. The smallest absolute Gasteiger partial charge is 0.282 e. The van der Waals surface area contributed by atoms with Crippen LogP contribution in [0.1, 0.15) is 21.5 Å². The second kappa shape index (κ2) is 7.44. The van der Waals surface area contributed by atoms with Gasteiger partial charge in [0.2, 0.25) is 0 Å². The Labute approximate surface area is 146 Å². The number of rotatable bonds is 4. The van der Waals surface area contributed by atoms with Gasteiger partial charge in [0.05, 0.1) is 31.1 Å². The van der Waals surface area contributed by atoms with Crippen molar-refractivity contribution in [2.45, 2.75) is 13.5 Å². The molecule has 0 radical (unpaired) electrons. The molecule has 0 bridgehead atoms. The zero-order valence-corrected chi connectivity index (χ0v) is 14.3. The zero-order chi connectivity index (χ0) is 17.8. The SMILES string of the molecule is Cc1ccc(C[NH+]2CCN(C(=O)c3ccccc3[N+](=O)[O-])CC2)cc1. The summed E-state index contributed by atoms with van der Waals surface area (Å²) in [7, 11) is 0. The molecule has 0 aromatic heterocycles. The molecule has 3 rings (SSSR count). The number of hydrogen-bond donors (Lipinski definition) is 1. The molecule has 1 aliphatic heterocycles. The average molecular weight is 340 g/mol. The van der Waals surface area contributed by atoms with Crippen molar-refractivity contribution in [2.75, 3.05) is 26.2 Å².